The van der Waals surface area contributed by atoms with Crippen LogP contribution >= 0.6 is 0 Å². The molecular formula is C11H19FN2O. The van der Waals surface area contributed by atoms with Gasteiger partial charge in [0.25, 0.3) is 0 Å². The minimum Gasteiger partial charge on any atom is -0.341 e. The minimum absolute atomic E-state index is 0.0342. The van der Waals surface area contributed by atoms with Crippen LogP contribution in [0.5, 0.6) is 0 Å². The van der Waals surface area contributed by atoms with Crippen molar-refractivity contribution in [3.8, 4) is 0 Å². The van der Waals surface area contributed by atoms with Gasteiger partial charge in [-0.1, -0.05) is 0 Å². The number of hydrogen-bond acceptors (Lipinski definition) is 2. The van der Waals surface area contributed by atoms with Crippen LogP contribution in [0, 0.1) is 5.92 Å². The molecule has 0 aromatic carbocycles. The molecule has 2 aliphatic rings. The van der Waals surface area contributed by atoms with Crippen LogP contribution in [0.25, 0.3) is 0 Å². The van der Waals surface area contributed by atoms with E-state index < -0.39 is 0 Å². The van der Waals surface area contributed by atoms with Gasteiger partial charge in [0.2, 0.25) is 5.91 Å². The molecule has 3 nitrogen and oxygen atoms in total. The van der Waals surface area contributed by atoms with Crippen molar-refractivity contribution in [3.63, 3.8) is 0 Å². The van der Waals surface area contributed by atoms with Crippen molar-refractivity contribution >= 4 is 5.91 Å². The zero-order valence-electron chi connectivity index (χ0n) is 9.04. The van der Waals surface area contributed by atoms with Crippen molar-refractivity contribution in [2.24, 2.45) is 5.92 Å². The first-order valence-corrected chi connectivity index (χ1v) is 5.89. The Bertz CT molecular complexity index is 221. The number of carbonyl (C=O) groups excluding carboxylic acids is 1. The average Bonchev–Trinajstić information content (AvgIpc) is 2.82. The Kier molecular flexibility index (Phi) is 3.57. The molecule has 2 saturated heterocycles. The van der Waals surface area contributed by atoms with Gasteiger partial charge in [-0.2, -0.15) is 0 Å². The molecule has 2 rings (SSSR count). The van der Waals surface area contributed by atoms with Crippen LogP contribution in [-0.2, 0) is 4.79 Å². The predicted molar refractivity (Wildman–Crippen MR) is 56.3 cm³/mol. The number of alkyl halides is 1. The Hall–Kier alpha value is -0.640. The molecule has 15 heavy (non-hydrogen) atoms. The van der Waals surface area contributed by atoms with E-state index in [1.807, 2.05) is 4.90 Å². The van der Waals surface area contributed by atoms with E-state index in [0.717, 1.165) is 45.3 Å². The first kappa shape index (κ1) is 10.9. The Morgan fingerprint density at radius 1 is 1.33 bits per heavy atom. The summed E-state index contributed by atoms with van der Waals surface area (Å²) < 4.78 is 12.4. The maximum atomic E-state index is 12.4. The summed E-state index contributed by atoms with van der Waals surface area (Å²) >= 11 is 0. The lowest BCUT2D eigenvalue weighted by Gasteiger charge is -2.32. The molecule has 1 atom stereocenters. The summed E-state index contributed by atoms with van der Waals surface area (Å²) in [6.07, 6.45) is 3.71. The van der Waals surface area contributed by atoms with E-state index >= 15 is 0 Å². The summed E-state index contributed by atoms with van der Waals surface area (Å²) in [5.74, 6) is 0.412. The predicted octanol–water partition coefficient (Wildman–Crippen LogP) is 0.946. The second kappa shape index (κ2) is 4.92. The van der Waals surface area contributed by atoms with Crippen molar-refractivity contribution in [2.45, 2.75) is 31.7 Å². The smallest absolute Gasteiger partial charge is 0.239 e. The maximum Gasteiger partial charge on any atom is 0.239 e. The number of hydrogen-bond donors (Lipinski definition) is 1. The molecule has 0 aromatic heterocycles. The van der Waals surface area contributed by atoms with Gasteiger partial charge < -0.3 is 10.2 Å². The number of nitrogens with zero attached hydrogens (tertiary/aromatic N) is 1. The molecular weight excluding hydrogens is 195 g/mol. The molecule has 0 aromatic rings. The zero-order chi connectivity index (χ0) is 10.7. The van der Waals surface area contributed by atoms with Crippen molar-refractivity contribution < 1.29 is 9.18 Å². The van der Waals surface area contributed by atoms with Gasteiger partial charge in [0, 0.05) is 13.1 Å². The lowest BCUT2D eigenvalue weighted by Crippen LogP contribution is -2.47. The molecule has 0 spiro atoms. The highest BCUT2D eigenvalue weighted by Crippen LogP contribution is 2.19. The number of rotatable bonds is 2. The van der Waals surface area contributed by atoms with Gasteiger partial charge >= 0.3 is 0 Å². The van der Waals surface area contributed by atoms with Crippen LogP contribution in [0.1, 0.15) is 25.7 Å². The second-order valence-corrected chi connectivity index (χ2v) is 4.57. The number of halogens is 1. The quantitative estimate of drug-likeness (QED) is 0.742. The van der Waals surface area contributed by atoms with E-state index in [2.05, 4.69) is 5.32 Å². The lowest BCUT2D eigenvalue weighted by atomic mass is 9.98. The van der Waals surface area contributed by atoms with Crippen LogP contribution < -0.4 is 5.32 Å². The van der Waals surface area contributed by atoms with Gasteiger partial charge in [0.1, 0.15) is 0 Å². The van der Waals surface area contributed by atoms with Gasteiger partial charge in [-0.05, 0) is 38.1 Å². The molecule has 0 bridgehead atoms. The monoisotopic (exact) mass is 214 g/mol. The molecule has 2 fully saturated rings. The van der Waals surface area contributed by atoms with E-state index in [1.165, 1.54) is 0 Å². The van der Waals surface area contributed by atoms with Crippen molar-refractivity contribution in [3.05, 3.63) is 0 Å². The highest BCUT2D eigenvalue weighted by Gasteiger charge is 2.29. The summed E-state index contributed by atoms with van der Waals surface area (Å²) in [6.45, 7) is 2.21. The SMILES string of the molecule is O=C(C1CCCN1)N1CCC(CF)CC1. The van der Waals surface area contributed by atoms with Crippen molar-refractivity contribution in [1.82, 2.24) is 10.2 Å². The third-order valence-corrected chi connectivity index (χ3v) is 3.50. The molecule has 86 valence electrons. The van der Waals surface area contributed by atoms with Gasteiger partial charge in [-0.15, -0.1) is 0 Å². The molecule has 1 unspecified atom stereocenters. The topological polar surface area (TPSA) is 32.3 Å². The lowest BCUT2D eigenvalue weighted by molar-refractivity contribution is -0.134. The van der Waals surface area contributed by atoms with E-state index in [0.29, 0.717) is 0 Å². The fourth-order valence-corrected chi connectivity index (χ4v) is 2.42. The van der Waals surface area contributed by atoms with E-state index in [-0.39, 0.29) is 24.5 Å². The number of carbonyl (C=O) groups is 1. The Balaban J connectivity index is 1.81. The molecule has 0 radical (unpaired) electrons. The maximum absolute atomic E-state index is 12.4. The minimum atomic E-state index is -0.232. The highest BCUT2D eigenvalue weighted by atomic mass is 19.1. The van der Waals surface area contributed by atoms with Gasteiger partial charge in [-0.3, -0.25) is 9.18 Å². The van der Waals surface area contributed by atoms with E-state index in [4.69, 9.17) is 0 Å². The number of amides is 1. The van der Waals surface area contributed by atoms with Crippen LogP contribution in [0.4, 0.5) is 4.39 Å². The molecule has 0 aliphatic carbocycles. The van der Waals surface area contributed by atoms with Gasteiger partial charge in [0.15, 0.2) is 0 Å². The molecule has 4 heteroatoms. The van der Waals surface area contributed by atoms with Crippen LogP contribution in [0.3, 0.4) is 0 Å². The standard InChI is InChI=1S/C11H19FN2O/c12-8-9-3-6-14(7-4-9)11(15)10-2-1-5-13-10/h9-10,13H,1-8H2. The average molecular weight is 214 g/mol. The number of piperidine rings is 1. The highest BCUT2D eigenvalue weighted by molar-refractivity contribution is 5.82. The summed E-state index contributed by atoms with van der Waals surface area (Å²) in [4.78, 5) is 13.9. The Labute approximate surface area is 90.0 Å². The first-order valence-electron chi connectivity index (χ1n) is 5.89. The van der Waals surface area contributed by atoms with Crippen molar-refractivity contribution in [2.75, 3.05) is 26.3 Å². The Morgan fingerprint density at radius 2 is 2.07 bits per heavy atom. The van der Waals surface area contributed by atoms with Crippen molar-refractivity contribution in [1.29, 1.82) is 0 Å². The van der Waals surface area contributed by atoms with Crippen LogP contribution in [-0.4, -0.2) is 43.2 Å². The first-order chi connectivity index (χ1) is 7.31. The fraction of sp³-hybridized carbons (Fsp3) is 0.909. The molecule has 2 heterocycles. The van der Waals surface area contributed by atoms with Gasteiger partial charge in [-0.25, -0.2) is 0 Å². The summed E-state index contributed by atoms with van der Waals surface area (Å²) in [6, 6.07) is 0.0342. The molecule has 2 aliphatic heterocycles. The molecule has 1 N–H and O–H groups in total. The number of likely N-dealkylation sites (tertiary alicyclic amines) is 1. The summed E-state index contributed by atoms with van der Waals surface area (Å²) in [7, 11) is 0. The van der Waals surface area contributed by atoms with Crippen LogP contribution in [0.2, 0.25) is 0 Å². The van der Waals surface area contributed by atoms with Gasteiger partial charge in [0.05, 0.1) is 12.7 Å². The molecule has 0 saturated carbocycles. The third kappa shape index (κ3) is 2.48. The normalized spacial score (nSPS) is 28.3. The molecule has 1 amide bonds. The number of nitrogens with one attached hydrogen (secondary N) is 1. The summed E-state index contributed by atoms with van der Waals surface area (Å²) in [5.41, 5.74) is 0. The fourth-order valence-electron chi connectivity index (χ4n) is 2.42. The Morgan fingerprint density at radius 3 is 2.60 bits per heavy atom. The summed E-state index contributed by atoms with van der Waals surface area (Å²) in [5, 5.41) is 3.21. The van der Waals surface area contributed by atoms with E-state index in [9.17, 15) is 9.18 Å². The second-order valence-electron chi connectivity index (χ2n) is 4.57. The largest absolute Gasteiger partial charge is 0.341 e. The third-order valence-electron chi connectivity index (χ3n) is 3.50. The van der Waals surface area contributed by atoms with Crippen LogP contribution in [0.15, 0.2) is 0 Å². The van der Waals surface area contributed by atoms with E-state index in [1.54, 1.807) is 0 Å². The zero-order valence-corrected chi connectivity index (χ0v) is 9.04.